The summed E-state index contributed by atoms with van der Waals surface area (Å²) in [5.41, 5.74) is 0. The fourth-order valence-corrected chi connectivity index (χ4v) is 1.21. The van der Waals surface area contributed by atoms with E-state index in [4.69, 9.17) is 16.2 Å². The summed E-state index contributed by atoms with van der Waals surface area (Å²) in [5.74, 6) is 0. The summed E-state index contributed by atoms with van der Waals surface area (Å²) >= 11 is 5.49. The second kappa shape index (κ2) is 5.07. The number of benzene rings is 1. The summed E-state index contributed by atoms with van der Waals surface area (Å²) in [6.07, 6.45) is 0. The van der Waals surface area contributed by atoms with Gasteiger partial charge in [-0.15, -0.1) is 0 Å². The van der Waals surface area contributed by atoms with Crippen LogP contribution >= 0.6 is 11.6 Å². The van der Waals surface area contributed by atoms with Crippen LogP contribution in [0, 0.1) is 0 Å². The monoisotopic (exact) mass is 231 g/mol. The Labute approximate surface area is 118 Å². The first-order chi connectivity index (χ1) is 5.00. The van der Waals surface area contributed by atoms with Crippen molar-refractivity contribution < 1.29 is 13.0 Å². The summed E-state index contributed by atoms with van der Waals surface area (Å²) in [6.45, 7) is 0. The van der Waals surface area contributed by atoms with Gasteiger partial charge in [-0.25, -0.2) is 0 Å². The van der Waals surface area contributed by atoms with Crippen molar-refractivity contribution in [2.75, 3.05) is 0 Å². The van der Waals surface area contributed by atoms with Gasteiger partial charge in [0.1, 0.15) is 0 Å². The van der Waals surface area contributed by atoms with Gasteiger partial charge in [0.25, 0.3) is 10.1 Å². The predicted octanol–water partition coefficient (Wildman–Crippen LogP) is 1.21. The van der Waals surface area contributed by atoms with Gasteiger partial charge in [-0.3, -0.25) is 4.55 Å². The van der Waals surface area contributed by atoms with Gasteiger partial charge in [-0.1, -0.05) is 11.6 Å². The van der Waals surface area contributed by atoms with E-state index in [9.17, 15) is 8.42 Å². The zero-order valence-electron chi connectivity index (χ0n) is 6.36. The Morgan fingerprint density at radius 1 is 1.17 bits per heavy atom. The third-order valence-electron chi connectivity index (χ3n) is 1.11. The first kappa shape index (κ1) is 13.1. The molecule has 0 fully saturated rings. The minimum Gasteiger partial charge on any atom is -0.282 e. The van der Waals surface area contributed by atoms with Crippen LogP contribution in [0.25, 0.3) is 0 Å². The summed E-state index contributed by atoms with van der Waals surface area (Å²) in [4.78, 5) is -0.151. The summed E-state index contributed by atoms with van der Waals surface area (Å²) in [6, 6.07) is 5.25. The van der Waals surface area contributed by atoms with Crippen molar-refractivity contribution in [2.45, 2.75) is 4.90 Å². The standard InChI is InChI=1S/C6H5ClO3S.K/c7-5-1-3-6(4-2-5)11(8,9)10;/h1-4H,(H,8,9,10);. The zero-order valence-corrected chi connectivity index (χ0v) is 11.1. The minimum atomic E-state index is -4.08. The molecule has 3 nitrogen and oxygen atoms in total. The van der Waals surface area contributed by atoms with Gasteiger partial charge in [-0.05, 0) is 24.3 Å². The van der Waals surface area contributed by atoms with Crippen molar-refractivity contribution in [1.82, 2.24) is 0 Å². The second-order valence-electron chi connectivity index (χ2n) is 1.93. The van der Waals surface area contributed by atoms with E-state index >= 15 is 0 Å². The van der Waals surface area contributed by atoms with Gasteiger partial charge in [0.2, 0.25) is 0 Å². The van der Waals surface area contributed by atoms with Crippen LogP contribution < -0.4 is 0 Å². The second-order valence-corrected chi connectivity index (χ2v) is 3.79. The van der Waals surface area contributed by atoms with Crippen LogP contribution in [0.3, 0.4) is 0 Å². The Bertz CT molecular complexity index is 346. The third kappa shape index (κ3) is 3.84. The molecule has 0 heterocycles. The maximum Gasteiger partial charge on any atom is 0.294 e. The predicted molar refractivity (Wildman–Crippen MR) is 47.0 cm³/mol. The van der Waals surface area contributed by atoms with Crippen LogP contribution in [0.4, 0.5) is 0 Å². The van der Waals surface area contributed by atoms with E-state index in [1.807, 2.05) is 0 Å². The van der Waals surface area contributed by atoms with Crippen molar-refractivity contribution >= 4 is 73.1 Å². The molecule has 0 amide bonds. The molecule has 0 aliphatic carbocycles. The largest absolute Gasteiger partial charge is 0.294 e. The molecule has 0 aromatic heterocycles. The van der Waals surface area contributed by atoms with E-state index in [2.05, 4.69) is 0 Å². The van der Waals surface area contributed by atoms with Gasteiger partial charge in [0, 0.05) is 56.4 Å². The van der Waals surface area contributed by atoms with E-state index in [0.717, 1.165) is 0 Å². The van der Waals surface area contributed by atoms with Crippen LogP contribution in [0.15, 0.2) is 29.2 Å². The van der Waals surface area contributed by atoms with Crippen molar-refractivity contribution in [1.29, 1.82) is 0 Å². The van der Waals surface area contributed by atoms with Crippen LogP contribution in [0.2, 0.25) is 5.02 Å². The normalized spacial score (nSPS) is 10.5. The number of hydrogen-bond donors (Lipinski definition) is 1. The smallest absolute Gasteiger partial charge is 0.282 e. The van der Waals surface area contributed by atoms with E-state index in [1.54, 1.807) is 0 Å². The molecule has 0 atom stereocenters. The number of hydrogen-bond acceptors (Lipinski definition) is 2. The number of halogens is 1. The quantitative estimate of drug-likeness (QED) is 0.584. The fraction of sp³-hybridized carbons (Fsp3) is 0. The first-order valence-corrected chi connectivity index (χ1v) is 4.55. The summed E-state index contributed by atoms with van der Waals surface area (Å²) in [7, 11) is -4.08. The van der Waals surface area contributed by atoms with Gasteiger partial charge < -0.3 is 0 Å². The Kier molecular flexibility index (Phi) is 5.51. The van der Waals surface area contributed by atoms with E-state index in [-0.39, 0.29) is 56.3 Å². The summed E-state index contributed by atoms with van der Waals surface area (Å²) in [5, 5.41) is 0.428. The first-order valence-electron chi connectivity index (χ1n) is 2.73. The molecular weight excluding hydrogens is 227 g/mol. The molecule has 0 aliphatic rings. The Hall–Kier alpha value is 1.06. The third-order valence-corrected chi connectivity index (χ3v) is 2.23. The Morgan fingerprint density at radius 2 is 1.58 bits per heavy atom. The van der Waals surface area contributed by atoms with Gasteiger partial charge >= 0.3 is 0 Å². The molecule has 0 saturated carbocycles. The molecule has 61 valence electrons. The molecule has 0 bridgehead atoms. The average molecular weight is 232 g/mol. The van der Waals surface area contributed by atoms with Crippen LogP contribution in [-0.4, -0.2) is 64.4 Å². The molecule has 6 heteroatoms. The van der Waals surface area contributed by atoms with E-state index in [0.29, 0.717) is 5.02 Å². The fourth-order valence-electron chi connectivity index (χ4n) is 0.607. The zero-order chi connectivity index (χ0) is 8.48. The van der Waals surface area contributed by atoms with Gasteiger partial charge in [0.05, 0.1) is 4.90 Å². The van der Waals surface area contributed by atoms with Crippen molar-refractivity contribution in [3.63, 3.8) is 0 Å². The van der Waals surface area contributed by atoms with Crippen molar-refractivity contribution in [2.24, 2.45) is 0 Å². The van der Waals surface area contributed by atoms with Crippen LogP contribution in [0.5, 0.6) is 0 Å². The topological polar surface area (TPSA) is 54.4 Å². The molecular formula is C6H5ClKO3S. The maximum absolute atomic E-state index is 10.5. The minimum absolute atomic E-state index is 0. The van der Waals surface area contributed by atoms with Crippen LogP contribution in [-0.2, 0) is 10.1 Å². The molecule has 0 spiro atoms. The SMILES string of the molecule is O=S(=O)(O)c1ccc(Cl)cc1.[K]. The van der Waals surface area contributed by atoms with E-state index < -0.39 is 10.1 Å². The molecule has 1 aromatic carbocycles. The molecule has 0 unspecified atom stereocenters. The van der Waals surface area contributed by atoms with Gasteiger partial charge in [-0.2, -0.15) is 8.42 Å². The van der Waals surface area contributed by atoms with Crippen molar-refractivity contribution in [3.05, 3.63) is 29.3 Å². The molecule has 0 saturated heterocycles. The van der Waals surface area contributed by atoms with Gasteiger partial charge in [0.15, 0.2) is 0 Å². The Balaban J connectivity index is 0.00000121. The molecule has 0 aliphatic heterocycles. The molecule has 1 radical (unpaired) electrons. The molecule has 1 rings (SSSR count). The van der Waals surface area contributed by atoms with Crippen LogP contribution in [0.1, 0.15) is 0 Å². The molecule has 12 heavy (non-hydrogen) atoms. The summed E-state index contributed by atoms with van der Waals surface area (Å²) < 4.78 is 29.4. The Morgan fingerprint density at radius 3 is 1.92 bits per heavy atom. The average Bonchev–Trinajstić information content (AvgIpc) is 1.86. The van der Waals surface area contributed by atoms with E-state index in [1.165, 1.54) is 24.3 Å². The molecule has 1 aromatic rings. The maximum atomic E-state index is 10.5. The molecule has 1 N–H and O–H groups in total. The van der Waals surface area contributed by atoms with Crippen molar-refractivity contribution in [3.8, 4) is 0 Å². The number of rotatable bonds is 1.